The van der Waals surface area contributed by atoms with Crippen LogP contribution in [0.15, 0.2) is 30.3 Å². The van der Waals surface area contributed by atoms with Gasteiger partial charge < -0.3 is 20.6 Å². The van der Waals surface area contributed by atoms with Gasteiger partial charge in [0.05, 0.1) is 35.9 Å². The molecule has 13 heteroatoms. The molecule has 1 atom stereocenters. The molecule has 0 bridgehead atoms. The number of rotatable bonds is 10. The van der Waals surface area contributed by atoms with Gasteiger partial charge >= 0.3 is 6.18 Å². The van der Waals surface area contributed by atoms with E-state index in [2.05, 4.69) is 10.6 Å². The number of amides is 2. The summed E-state index contributed by atoms with van der Waals surface area (Å²) in [5, 5.41) is 14.9. The van der Waals surface area contributed by atoms with Gasteiger partial charge in [0.15, 0.2) is 11.6 Å². The monoisotopic (exact) mass is 576 g/mol. The molecule has 3 rings (SSSR count). The molecule has 1 unspecified atom stereocenters. The Morgan fingerprint density at radius 1 is 1.08 bits per heavy atom. The standard InChI is InChI=1S/C26H30ClF5N4O3/c1-2-18(37)14-22(38)33-15-16-3-5-19(24(29)23(16)28)25(39)34-20-6-4-17(27)13-21(20)36-11-9-35(10-12-36)8-7-26(30,31)32/h3-6,13,18,37H,2,7-12,14-15H2,1H3,(H,33,38)(H,34,39). The Bertz CT molecular complexity index is 1170. The predicted molar refractivity (Wildman–Crippen MR) is 138 cm³/mol. The van der Waals surface area contributed by atoms with Crippen LogP contribution in [0.5, 0.6) is 0 Å². The van der Waals surface area contributed by atoms with Crippen molar-refractivity contribution in [1.82, 2.24) is 10.2 Å². The Balaban J connectivity index is 1.68. The van der Waals surface area contributed by atoms with Crippen LogP contribution >= 0.6 is 11.6 Å². The van der Waals surface area contributed by atoms with Crippen molar-refractivity contribution in [2.45, 2.75) is 45.0 Å². The Kier molecular flexibility index (Phi) is 10.5. The van der Waals surface area contributed by atoms with Crippen LogP contribution in [0.2, 0.25) is 5.02 Å². The fourth-order valence-electron chi connectivity index (χ4n) is 4.08. The van der Waals surface area contributed by atoms with E-state index >= 15 is 0 Å². The molecule has 1 fully saturated rings. The smallest absolute Gasteiger partial charge is 0.390 e. The molecule has 0 spiro atoms. The SMILES string of the molecule is CCC(O)CC(=O)NCc1ccc(C(=O)Nc2ccc(Cl)cc2N2CCN(CCC(F)(F)F)CC2)c(F)c1F. The van der Waals surface area contributed by atoms with Crippen molar-refractivity contribution in [3.8, 4) is 0 Å². The molecule has 1 aliphatic heterocycles. The van der Waals surface area contributed by atoms with Crippen molar-refractivity contribution in [2.24, 2.45) is 0 Å². The van der Waals surface area contributed by atoms with Gasteiger partial charge in [-0.2, -0.15) is 13.2 Å². The van der Waals surface area contributed by atoms with Crippen LogP contribution in [0.3, 0.4) is 0 Å². The number of aliphatic hydroxyl groups excluding tert-OH is 1. The van der Waals surface area contributed by atoms with Crippen molar-refractivity contribution < 1.29 is 36.6 Å². The van der Waals surface area contributed by atoms with Crippen LogP contribution in [0.1, 0.15) is 42.1 Å². The second-order valence-corrected chi connectivity index (χ2v) is 9.69. The van der Waals surface area contributed by atoms with Gasteiger partial charge in [-0.3, -0.25) is 14.5 Å². The average molecular weight is 577 g/mol. The van der Waals surface area contributed by atoms with Crippen molar-refractivity contribution in [3.63, 3.8) is 0 Å². The largest absolute Gasteiger partial charge is 0.393 e. The van der Waals surface area contributed by atoms with E-state index < -0.39 is 47.7 Å². The highest BCUT2D eigenvalue weighted by Gasteiger charge is 2.29. The zero-order chi connectivity index (χ0) is 28.7. The topological polar surface area (TPSA) is 84.9 Å². The molecule has 214 valence electrons. The molecule has 2 aromatic carbocycles. The molecule has 39 heavy (non-hydrogen) atoms. The lowest BCUT2D eigenvalue weighted by Gasteiger charge is -2.37. The zero-order valence-electron chi connectivity index (χ0n) is 21.3. The second kappa shape index (κ2) is 13.4. The van der Waals surface area contributed by atoms with Gasteiger partial charge in [-0.25, -0.2) is 8.78 Å². The summed E-state index contributed by atoms with van der Waals surface area (Å²) in [6, 6.07) is 6.89. The highest BCUT2D eigenvalue weighted by Crippen LogP contribution is 2.31. The maximum Gasteiger partial charge on any atom is 0.390 e. The number of hydrogen-bond donors (Lipinski definition) is 3. The molecule has 1 saturated heterocycles. The molecule has 2 amide bonds. The molecule has 2 aromatic rings. The minimum atomic E-state index is -4.24. The average Bonchev–Trinajstić information content (AvgIpc) is 2.89. The summed E-state index contributed by atoms with van der Waals surface area (Å²) in [4.78, 5) is 28.3. The zero-order valence-corrected chi connectivity index (χ0v) is 22.0. The van der Waals surface area contributed by atoms with E-state index in [-0.39, 0.29) is 30.8 Å². The summed E-state index contributed by atoms with van der Waals surface area (Å²) in [5.41, 5.74) is 0.0559. The van der Waals surface area contributed by atoms with E-state index in [0.717, 1.165) is 6.07 Å². The third-order valence-corrected chi connectivity index (χ3v) is 6.64. The lowest BCUT2D eigenvalue weighted by Crippen LogP contribution is -2.47. The van der Waals surface area contributed by atoms with E-state index in [1.807, 2.05) is 4.90 Å². The van der Waals surface area contributed by atoms with Gasteiger partial charge in [0.1, 0.15) is 0 Å². The first-order valence-corrected chi connectivity index (χ1v) is 12.8. The van der Waals surface area contributed by atoms with E-state index in [1.165, 1.54) is 18.2 Å². The minimum Gasteiger partial charge on any atom is -0.393 e. The van der Waals surface area contributed by atoms with E-state index in [4.69, 9.17) is 11.6 Å². The Labute approximate surface area is 227 Å². The van der Waals surface area contributed by atoms with Gasteiger partial charge in [-0.1, -0.05) is 24.6 Å². The molecular weight excluding hydrogens is 547 g/mol. The van der Waals surface area contributed by atoms with E-state index in [1.54, 1.807) is 17.9 Å². The molecule has 0 radical (unpaired) electrons. The number of piperazine rings is 1. The van der Waals surface area contributed by atoms with Crippen LogP contribution in [0.4, 0.5) is 33.3 Å². The number of alkyl halides is 3. The van der Waals surface area contributed by atoms with Crippen LogP contribution < -0.4 is 15.5 Å². The summed E-state index contributed by atoms with van der Waals surface area (Å²) in [7, 11) is 0. The van der Waals surface area contributed by atoms with Crippen LogP contribution in [-0.2, 0) is 11.3 Å². The number of carbonyl (C=O) groups excluding carboxylic acids is 2. The Morgan fingerprint density at radius 2 is 1.77 bits per heavy atom. The molecule has 3 N–H and O–H groups in total. The molecule has 0 saturated carbocycles. The maximum atomic E-state index is 14.8. The first-order valence-electron chi connectivity index (χ1n) is 12.4. The summed E-state index contributed by atoms with van der Waals surface area (Å²) in [5.74, 6) is -4.12. The number of halogens is 6. The van der Waals surface area contributed by atoms with Gasteiger partial charge in [-0.15, -0.1) is 0 Å². The normalized spacial score (nSPS) is 15.2. The first-order chi connectivity index (χ1) is 18.4. The molecule has 0 aromatic heterocycles. The number of nitrogens with one attached hydrogen (secondary N) is 2. The van der Waals surface area contributed by atoms with Crippen LogP contribution in [-0.4, -0.2) is 66.8 Å². The lowest BCUT2D eigenvalue weighted by atomic mass is 10.1. The number of nitrogens with zero attached hydrogens (tertiary/aromatic N) is 2. The van der Waals surface area contributed by atoms with Crippen LogP contribution in [0, 0.1) is 11.6 Å². The highest BCUT2D eigenvalue weighted by atomic mass is 35.5. The minimum absolute atomic E-state index is 0.109. The fraction of sp³-hybridized carbons (Fsp3) is 0.462. The van der Waals surface area contributed by atoms with Gasteiger partial charge in [0, 0.05) is 49.9 Å². The second-order valence-electron chi connectivity index (χ2n) is 9.25. The Hall–Kier alpha value is -2.96. The van der Waals surface area contributed by atoms with Crippen LogP contribution in [0.25, 0.3) is 0 Å². The number of carbonyl (C=O) groups is 2. The quantitative estimate of drug-likeness (QED) is 0.357. The first kappa shape index (κ1) is 30.6. The van der Waals surface area contributed by atoms with E-state index in [0.29, 0.717) is 43.3 Å². The molecule has 1 heterocycles. The highest BCUT2D eigenvalue weighted by molar-refractivity contribution is 6.31. The third kappa shape index (κ3) is 8.77. The van der Waals surface area contributed by atoms with Crippen molar-refractivity contribution in [3.05, 3.63) is 58.1 Å². The van der Waals surface area contributed by atoms with Gasteiger partial charge in [0.2, 0.25) is 5.91 Å². The number of hydrogen-bond acceptors (Lipinski definition) is 5. The van der Waals surface area contributed by atoms with Crippen molar-refractivity contribution in [2.75, 3.05) is 42.9 Å². The van der Waals surface area contributed by atoms with E-state index in [9.17, 15) is 36.6 Å². The maximum absolute atomic E-state index is 14.8. The van der Waals surface area contributed by atoms with Gasteiger partial charge in [-0.05, 0) is 30.7 Å². The third-order valence-electron chi connectivity index (χ3n) is 6.41. The summed E-state index contributed by atoms with van der Waals surface area (Å²) in [6.07, 6.45) is -5.78. The molecule has 0 aliphatic carbocycles. The fourth-order valence-corrected chi connectivity index (χ4v) is 4.25. The summed E-state index contributed by atoms with van der Waals surface area (Å²) < 4.78 is 67.1. The lowest BCUT2D eigenvalue weighted by molar-refractivity contribution is -0.138. The molecule has 7 nitrogen and oxygen atoms in total. The molecular formula is C26H30ClF5N4O3. The van der Waals surface area contributed by atoms with Crippen molar-refractivity contribution >= 4 is 34.8 Å². The number of anilines is 2. The number of benzene rings is 2. The van der Waals surface area contributed by atoms with Crippen molar-refractivity contribution in [1.29, 1.82) is 0 Å². The number of aliphatic hydroxyl groups is 1. The predicted octanol–water partition coefficient (Wildman–Crippen LogP) is 4.72. The summed E-state index contributed by atoms with van der Waals surface area (Å²) in [6.45, 7) is 2.75. The Morgan fingerprint density at radius 3 is 2.41 bits per heavy atom. The summed E-state index contributed by atoms with van der Waals surface area (Å²) >= 11 is 6.14. The molecule has 1 aliphatic rings. The van der Waals surface area contributed by atoms with Gasteiger partial charge in [0.25, 0.3) is 5.91 Å².